The second-order valence-corrected chi connectivity index (χ2v) is 7.64. The molecule has 0 bridgehead atoms. The zero-order valence-corrected chi connectivity index (χ0v) is 17.7. The molecule has 1 aromatic rings. The molecule has 152 valence electrons. The molecule has 0 N–H and O–H groups in total. The first-order valence-corrected chi connectivity index (χ1v) is 9.93. The van der Waals surface area contributed by atoms with Crippen LogP contribution in [-0.2, 0) is 15.9 Å². The summed E-state index contributed by atoms with van der Waals surface area (Å²) in [6.45, 7) is 11.2. The lowest BCUT2D eigenvalue weighted by molar-refractivity contribution is 0.0181. The summed E-state index contributed by atoms with van der Waals surface area (Å²) in [5, 5.41) is 0. The average molecular weight is 378 g/mol. The number of methoxy groups -OCH3 is 1. The summed E-state index contributed by atoms with van der Waals surface area (Å²) < 4.78 is 10.1. The summed E-state index contributed by atoms with van der Waals surface area (Å²) in [6, 6.07) is 7.60. The van der Waals surface area contributed by atoms with Crippen LogP contribution in [0.3, 0.4) is 0 Å². The minimum Gasteiger partial charge on any atom is -0.465 e. The second-order valence-electron chi connectivity index (χ2n) is 7.64. The van der Waals surface area contributed by atoms with E-state index in [2.05, 4.69) is 0 Å². The highest BCUT2D eigenvalue weighted by molar-refractivity contribution is 5.89. The van der Waals surface area contributed by atoms with Crippen LogP contribution in [0.1, 0.15) is 69.8 Å². The number of hydrogen-bond donors (Lipinski definition) is 0. The van der Waals surface area contributed by atoms with Crippen LogP contribution in [-0.4, -0.2) is 42.8 Å². The third kappa shape index (κ3) is 8.02. The summed E-state index contributed by atoms with van der Waals surface area (Å²) in [6.07, 6.45) is 3.90. The Labute approximate surface area is 164 Å². The van der Waals surface area contributed by atoms with Gasteiger partial charge in [0.25, 0.3) is 0 Å². The van der Waals surface area contributed by atoms with Gasteiger partial charge in [0.1, 0.15) is 5.60 Å². The number of rotatable bonds is 4. The number of piperidine rings is 1. The fraction of sp³-hybridized carbons (Fsp3) is 0.636. The molecule has 1 aromatic carbocycles. The Balaban J connectivity index is 0.00000176. The number of hydrogen-bond acceptors (Lipinski definition) is 4. The maximum atomic E-state index is 12.1. The van der Waals surface area contributed by atoms with Crippen LogP contribution in [0.15, 0.2) is 24.3 Å². The van der Waals surface area contributed by atoms with Gasteiger partial charge < -0.3 is 14.4 Å². The van der Waals surface area contributed by atoms with Gasteiger partial charge in [0.2, 0.25) is 0 Å². The predicted octanol–water partition coefficient (Wildman–Crippen LogP) is 5.08. The van der Waals surface area contributed by atoms with Crippen molar-refractivity contribution in [2.45, 2.75) is 65.9 Å². The Kier molecular flexibility index (Phi) is 9.33. The van der Waals surface area contributed by atoms with Crippen LogP contribution < -0.4 is 0 Å². The molecule has 0 saturated carbocycles. The summed E-state index contributed by atoms with van der Waals surface area (Å²) in [4.78, 5) is 25.3. The first kappa shape index (κ1) is 23.0. The van der Waals surface area contributed by atoms with Crippen molar-refractivity contribution in [3.63, 3.8) is 0 Å². The standard InChI is InChI=1S/C20H29NO4.C2H6/c1-20(2,3)25-19(23)21-13-11-16(12-14-21)6-5-15-7-9-17(10-8-15)18(22)24-4;1-2/h7-10,16H,5-6,11-14H2,1-4H3;1-2H3. The van der Waals surface area contributed by atoms with Crippen molar-refractivity contribution < 1.29 is 19.1 Å². The molecular weight excluding hydrogens is 342 g/mol. The van der Waals surface area contributed by atoms with Gasteiger partial charge in [0.15, 0.2) is 0 Å². The number of ether oxygens (including phenoxy) is 2. The molecule has 1 amide bonds. The van der Waals surface area contributed by atoms with Crippen molar-refractivity contribution in [3.8, 4) is 0 Å². The van der Waals surface area contributed by atoms with Gasteiger partial charge in [0.05, 0.1) is 12.7 Å². The minimum atomic E-state index is -0.440. The van der Waals surface area contributed by atoms with E-state index >= 15 is 0 Å². The zero-order chi connectivity index (χ0) is 20.4. The van der Waals surface area contributed by atoms with Crippen molar-refractivity contribution in [1.82, 2.24) is 4.90 Å². The maximum absolute atomic E-state index is 12.1. The van der Waals surface area contributed by atoms with E-state index in [0.717, 1.165) is 38.8 Å². The molecule has 0 unspecified atom stereocenters. The summed E-state index contributed by atoms with van der Waals surface area (Å²) in [5.74, 6) is 0.319. The van der Waals surface area contributed by atoms with E-state index in [1.165, 1.54) is 12.7 Å². The molecule has 1 aliphatic heterocycles. The predicted molar refractivity (Wildman–Crippen MR) is 108 cm³/mol. The quantitative estimate of drug-likeness (QED) is 0.687. The molecule has 0 atom stereocenters. The van der Waals surface area contributed by atoms with Gasteiger partial charge in [-0.1, -0.05) is 26.0 Å². The molecule has 1 heterocycles. The summed E-state index contributed by atoms with van der Waals surface area (Å²) >= 11 is 0. The number of nitrogens with zero attached hydrogens (tertiary/aromatic N) is 1. The van der Waals surface area contributed by atoms with Gasteiger partial charge in [-0.05, 0) is 70.1 Å². The number of aryl methyl sites for hydroxylation is 1. The molecular formula is C22H35NO4. The van der Waals surface area contributed by atoms with E-state index in [9.17, 15) is 9.59 Å². The third-order valence-electron chi connectivity index (χ3n) is 4.48. The van der Waals surface area contributed by atoms with Crippen LogP contribution in [0.25, 0.3) is 0 Å². The van der Waals surface area contributed by atoms with Crippen LogP contribution in [0.2, 0.25) is 0 Å². The van der Waals surface area contributed by atoms with Gasteiger partial charge in [-0.3, -0.25) is 0 Å². The largest absolute Gasteiger partial charge is 0.465 e. The molecule has 1 aliphatic rings. The SMILES string of the molecule is CC.COC(=O)c1ccc(CCC2CCN(C(=O)OC(C)(C)C)CC2)cc1. The second kappa shape index (κ2) is 11.0. The van der Waals surface area contributed by atoms with Gasteiger partial charge in [-0.25, -0.2) is 9.59 Å². The van der Waals surface area contributed by atoms with Crippen LogP contribution in [0.4, 0.5) is 4.79 Å². The lowest BCUT2D eigenvalue weighted by Crippen LogP contribution is -2.41. The van der Waals surface area contributed by atoms with Gasteiger partial charge in [-0.2, -0.15) is 0 Å². The average Bonchev–Trinajstić information content (AvgIpc) is 2.67. The first-order chi connectivity index (χ1) is 12.8. The van der Waals surface area contributed by atoms with Crippen LogP contribution in [0, 0.1) is 5.92 Å². The highest BCUT2D eigenvalue weighted by atomic mass is 16.6. The van der Waals surface area contributed by atoms with Crippen LogP contribution in [0.5, 0.6) is 0 Å². The fourth-order valence-electron chi connectivity index (χ4n) is 3.03. The van der Waals surface area contributed by atoms with Gasteiger partial charge in [0, 0.05) is 13.1 Å². The molecule has 5 nitrogen and oxygen atoms in total. The molecule has 1 saturated heterocycles. The topological polar surface area (TPSA) is 55.8 Å². The highest BCUT2D eigenvalue weighted by Gasteiger charge is 2.26. The molecule has 1 fully saturated rings. The number of carbonyl (C=O) groups is 2. The van der Waals surface area contributed by atoms with Crippen LogP contribution >= 0.6 is 0 Å². The molecule has 5 heteroatoms. The Morgan fingerprint density at radius 3 is 2.11 bits per heavy atom. The number of amides is 1. The molecule has 0 spiro atoms. The van der Waals surface area contributed by atoms with E-state index in [-0.39, 0.29) is 12.1 Å². The summed E-state index contributed by atoms with van der Waals surface area (Å²) in [5.41, 5.74) is 1.36. The molecule has 0 aliphatic carbocycles. The number of esters is 1. The zero-order valence-electron chi connectivity index (χ0n) is 17.7. The molecule has 0 radical (unpaired) electrons. The van der Waals surface area contributed by atoms with E-state index in [0.29, 0.717) is 11.5 Å². The smallest absolute Gasteiger partial charge is 0.410 e. The molecule has 0 aromatic heterocycles. The van der Waals surface area contributed by atoms with Gasteiger partial charge >= 0.3 is 12.1 Å². The number of likely N-dealkylation sites (tertiary alicyclic amines) is 1. The van der Waals surface area contributed by atoms with Gasteiger partial charge in [-0.15, -0.1) is 0 Å². The third-order valence-corrected chi connectivity index (χ3v) is 4.48. The number of carbonyl (C=O) groups excluding carboxylic acids is 2. The number of benzene rings is 1. The highest BCUT2D eigenvalue weighted by Crippen LogP contribution is 2.24. The van der Waals surface area contributed by atoms with E-state index in [1.807, 2.05) is 63.8 Å². The minimum absolute atomic E-state index is 0.204. The van der Waals surface area contributed by atoms with Crippen molar-refractivity contribution in [2.24, 2.45) is 5.92 Å². The van der Waals surface area contributed by atoms with Crippen molar-refractivity contribution >= 4 is 12.1 Å². The van der Waals surface area contributed by atoms with Crippen molar-refractivity contribution in [2.75, 3.05) is 20.2 Å². The fourth-order valence-corrected chi connectivity index (χ4v) is 3.03. The Bertz CT molecular complexity index is 581. The Morgan fingerprint density at radius 1 is 1.07 bits per heavy atom. The van der Waals surface area contributed by atoms with Crippen molar-refractivity contribution in [1.29, 1.82) is 0 Å². The van der Waals surface area contributed by atoms with Crippen molar-refractivity contribution in [3.05, 3.63) is 35.4 Å². The van der Waals surface area contributed by atoms with E-state index < -0.39 is 5.60 Å². The summed E-state index contributed by atoms with van der Waals surface area (Å²) in [7, 11) is 1.39. The van der Waals surface area contributed by atoms with E-state index in [4.69, 9.17) is 9.47 Å². The molecule has 27 heavy (non-hydrogen) atoms. The normalized spacial score (nSPS) is 14.8. The Hall–Kier alpha value is -2.04. The lowest BCUT2D eigenvalue weighted by atomic mass is 9.90. The lowest BCUT2D eigenvalue weighted by Gasteiger charge is -2.33. The van der Waals surface area contributed by atoms with E-state index in [1.54, 1.807) is 0 Å². The molecule has 2 rings (SSSR count). The Morgan fingerprint density at radius 2 is 1.63 bits per heavy atom. The first-order valence-electron chi connectivity index (χ1n) is 9.93. The monoisotopic (exact) mass is 377 g/mol. The maximum Gasteiger partial charge on any atom is 0.410 e.